The Kier molecular flexibility index (Phi) is 22.5. The summed E-state index contributed by atoms with van der Waals surface area (Å²) in [6.45, 7) is 20.8. The van der Waals surface area contributed by atoms with E-state index in [0.717, 1.165) is 0 Å². The first-order valence-electron chi connectivity index (χ1n) is 9.18. The summed E-state index contributed by atoms with van der Waals surface area (Å²) < 4.78 is 5.05. The molecule has 146 valence electrons. The zero-order valence-corrected chi connectivity index (χ0v) is 17.5. The second-order valence-electron chi connectivity index (χ2n) is 4.30. The van der Waals surface area contributed by atoms with E-state index in [1.54, 1.807) is 43.4 Å². The first kappa shape index (κ1) is 28.4. The number of carbonyl (C=O) groups excluding carboxylic acids is 2. The van der Waals surface area contributed by atoms with Gasteiger partial charge in [-0.25, -0.2) is 0 Å². The maximum Gasteiger partial charge on any atom is 0.321 e. The van der Waals surface area contributed by atoms with Crippen LogP contribution in [-0.4, -0.2) is 18.4 Å². The molecule has 0 aliphatic carbocycles. The summed E-state index contributed by atoms with van der Waals surface area (Å²) in [6.07, 6.45) is 13.2. The summed E-state index contributed by atoms with van der Waals surface area (Å²) in [6, 6.07) is 0. The molecule has 0 saturated heterocycles. The number of carbonyl (C=O) groups is 2. The molecule has 0 spiro atoms. The molecular formula is C23H36O3. The van der Waals surface area contributed by atoms with Crippen molar-refractivity contribution in [3.63, 3.8) is 0 Å². The average Bonchev–Trinajstić information content (AvgIpc) is 2.66. The minimum absolute atomic E-state index is 0.210. The maximum atomic E-state index is 12.7. The van der Waals surface area contributed by atoms with Crippen LogP contribution in [0.5, 0.6) is 0 Å². The zero-order chi connectivity index (χ0) is 21.0. The summed E-state index contributed by atoms with van der Waals surface area (Å²) in [5.74, 6) is -1.95. The molecule has 1 atom stereocenters. The highest BCUT2D eigenvalue weighted by Gasteiger charge is 2.31. The Morgan fingerprint density at radius 1 is 1.00 bits per heavy atom. The van der Waals surface area contributed by atoms with E-state index < -0.39 is 11.9 Å². The third-order valence-corrected chi connectivity index (χ3v) is 2.76. The van der Waals surface area contributed by atoms with Gasteiger partial charge in [0, 0.05) is 5.57 Å². The van der Waals surface area contributed by atoms with Gasteiger partial charge in [-0.05, 0) is 26.3 Å². The quantitative estimate of drug-likeness (QED) is 0.214. The number of hydrogen-bond acceptors (Lipinski definition) is 3. The average molecular weight is 361 g/mol. The molecule has 0 bridgehead atoms. The topological polar surface area (TPSA) is 43.4 Å². The van der Waals surface area contributed by atoms with Gasteiger partial charge < -0.3 is 4.74 Å². The van der Waals surface area contributed by atoms with Crippen LogP contribution in [0.1, 0.15) is 48.5 Å². The van der Waals surface area contributed by atoms with E-state index in [2.05, 4.69) is 13.2 Å². The van der Waals surface area contributed by atoms with Gasteiger partial charge in [-0.1, -0.05) is 89.5 Å². The third-order valence-electron chi connectivity index (χ3n) is 2.76. The van der Waals surface area contributed by atoms with Gasteiger partial charge in [0.1, 0.15) is 5.92 Å². The highest BCUT2D eigenvalue weighted by molar-refractivity contribution is 6.12. The van der Waals surface area contributed by atoms with Gasteiger partial charge in [0.25, 0.3) is 0 Å². The van der Waals surface area contributed by atoms with Gasteiger partial charge in [0.2, 0.25) is 0 Å². The van der Waals surface area contributed by atoms with Crippen LogP contribution < -0.4 is 0 Å². The number of ketones is 1. The van der Waals surface area contributed by atoms with Crippen LogP contribution in [0.3, 0.4) is 0 Å². The molecule has 0 saturated carbocycles. The lowest BCUT2D eigenvalue weighted by Crippen LogP contribution is -2.28. The lowest BCUT2D eigenvalue weighted by atomic mass is 9.89. The van der Waals surface area contributed by atoms with E-state index in [1.165, 1.54) is 12.2 Å². The first-order valence-corrected chi connectivity index (χ1v) is 9.18. The first-order chi connectivity index (χ1) is 12.6. The minimum Gasteiger partial charge on any atom is -0.465 e. The van der Waals surface area contributed by atoms with E-state index in [4.69, 9.17) is 4.74 Å². The number of esters is 1. The third kappa shape index (κ3) is 11.2. The van der Waals surface area contributed by atoms with Gasteiger partial charge in [0.05, 0.1) is 6.61 Å². The Hall–Kier alpha value is -2.42. The van der Waals surface area contributed by atoms with Gasteiger partial charge >= 0.3 is 5.97 Å². The van der Waals surface area contributed by atoms with Gasteiger partial charge in [-0.3, -0.25) is 9.59 Å². The fourth-order valence-corrected chi connectivity index (χ4v) is 1.81. The molecule has 3 heteroatoms. The van der Waals surface area contributed by atoms with E-state index in [0.29, 0.717) is 11.1 Å². The molecule has 1 unspecified atom stereocenters. The highest BCUT2D eigenvalue weighted by atomic mass is 16.5. The fraction of sp³-hybridized carbons (Fsp3) is 0.391. The monoisotopic (exact) mass is 360 g/mol. The second kappa shape index (κ2) is 20.6. The van der Waals surface area contributed by atoms with Crippen molar-refractivity contribution in [3.8, 4) is 0 Å². The molecule has 0 aliphatic rings. The normalized spacial score (nSPS) is 12.4. The molecule has 0 aromatic heterocycles. The molecule has 26 heavy (non-hydrogen) atoms. The van der Waals surface area contributed by atoms with Crippen LogP contribution in [0.4, 0.5) is 0 Å². The Bertz CT molecular complexity index is 532. The summed E-state index contributed by atoms with van der Waals surface area (Å²) >= 11 is 0. The smallest absolute Gasteiger partial charge is 0.321 e. The standard InChI is InChI=1S/C19H24O3.2C2H6/c1-6-11-14-15(9-4)18(20)17(19(21)22-10-5)16(12-7-2)13-8-3;2*1-2/h6-9,11-14,17H,2,4,10H2,1,3,5H3;2*1-2H3/b11-6-,13-8-,15-14+,16-12+;;. The SMILES string of the molecule is C=C/C=C(\C=C/C)C(C(=O)OCC)C(=O)/C(C=C)=C/C=C\C.CC.CC. The summed E-state index contributed by atoms with van der Waals surface area (Å²) in [5, 5.41) is 0. The number of rotatable bonds is 9. The van der Waals surface area contributed by atoms with Crippen LogP contribution in [0.15, 0.2) is 72.9 Å². The largest absolute Gasteiger partial charge is 0.465 e. The summed E-state index contributed by atoms with van der Waals surface area (Å²) in [5.41, 5.74) is 0.893. The van der Waals surface area contributed by atoms with E-state index in [1.807, 2.05) is 41.5 Å². The van der Waals surface area contributed by atoms with Crippen LogP contribution >= 0.6 is 0 Å². The molecule has 0 amide bonds. The predicted octanol–water partition coefficient (Wildman–Crippen LogP) is 6.16. The summed E-state index contributed by atoms with van der Waals surface area (Å²) in [7, 11) is 0. The number of allylic oxidation sites excluding steroid dienone is 9. The lowest BCUT2D eigenvalue weighted by Gasteiger charge is -2.16. The van der Waals surface area contributed by atoms with Crippen molar-refractivity contribution in [2.75, 3.05) is 6.61 Å². The van der Waals surface area contributed by atoms with Crippen molar-refractivity contribution >= 4 is 11.8 Å². The molecular weight excluding hydrogens is 324 g/mol. The van der Waals surface area contributed by atoms with Crippen molar-refractivity contribution in [1.29, 1.82) is 0 Å². The van der Waals surface area contributed by atoms with Gasteiger partial charge in [-0.2, -0.15) is 0 Å². The molecule has 0 heterocycles. The van der Waals surface area contributed by atoms with E-state index in [-0.39, 0.29) is 12.4 Å². The van der Waals surface area contributed by atoms with Crippen LogP contribution in [0.25, 0.3) is 0 Å². The molecule has 0 radical (unpaired) electrons. The molecule has 3 nitrogen and oxygen atoms in total. The lowest BCUT2D eigenvalue weighted by molar-refractivity contribution is -0.148. The van der Waals surface area contributed by atoms with Crippen molar-refractivity contribution in [1.82, 2.24) is 0 Å². The molecule has 0 fully saturated rings. The minimum atomic E-state index is -1.02. The van der Waals surface area contributed by atoms with Gasteiger partial charge in [-0.15, -0.1) is 0 Å². The second-order valence-corrected chi connectivity index (χ2v) is 4.30. The highest BCUT2D eigenvalue weighted by Crippen LogP contribution is 2.21. The van der Waals surface area contributed by atoms with Crippen molar-refractivity contribution in [2.45, 2.75) is 48.5 Å². The Morgan fingerprint density at radius 2 is 1.58 bits per heavy atom. The zero-order valence-electron chi connectivity index (χ0n) is 17.5. The number of hydrogen-bond donors (Lipinski definition) is 0. The van der Waals surface area contributed by atoms with Crippen molar-refractivity contribution in [2.24, 2.45) is 5.92 Å². The Morgan fingerprint density at radius 3 is 1.96 bits per heavy atom. The summed E-state index contributed by atoms with van der Waals surface area (Å²) in [4.78, 5) is 24.9. The van der Waals surface area contributed by atoms with Crippen molar-refractivity contribution in [3.05, 3.63) is 72.9 Å². The Labute approximate surface area is 160 Å². The van der Waals surface area contributed by atoms with Crippen molar-refractivity contribution < 1.29 is 14.3 Å². The predicted molar refractivity (Wildman–Crippen MR) is 114 cm³/mol. The van der Waals surface area contributed by atoms with Crippen LogP contribution in [-0.2, 0) is 14.3 Å². The van der Waals surface area contributed by atoms with Crippen LogP contribution in [0, 0.1) is 5.92 Å². The van der Waals surface area contributed by atoms with E-state index in [9.17, 15) is 9.59 Å². The maximum absolute atomic E-state index is 12.7. The Balaban J connectivity index is -0.00000123. The molecule has 0 aromatic carbocycles. The molecule has 0 aromatic rings. The molecule has 0 N–H and O–H groups in total. The fourth-order valence-electron chi connectivity index (χ4n) is 1.81. The number of Topliss-reactive ketones (excluding diaryl/α,β-unsaturated/α-hetero) is 1. The van der Waals surface area contributed by atoms with Gasteiger partial charge in [0.15, 0.2) is 5.78 Å². The number of ether oxygens (including phenoxy) is 1. The van der Waals surface area contributed by atoms with Crippen LogP contribution in [0.2, 0.25) is 0 Å². The molecule has 0 aliphatic heterocycles. The van der Waals surface area contributed by atoms with E-state index >= 15 is 0 Å². The molecule has 0 rings (SSSR count).